The first-order chi connectivity index (χ1) is 29.0. The number of para-hydroxylation sites is 2. The number of aryl methyl sites for hydroxylation is 3. The maximum absolute atomic E-state index is 5.43. The summed E-state index contributed by atoms with van der Waals surface area (Å²) in [5, 5.41) is 4.96. The second-order valence-corrected chi connectivity index (χ2v) is 15.7. The van der Waals surface area contributed by atoms with Gasteiger partial charge in [-0.25, -0.2) is 9.97 Å². The van der Waals surface area contributed by atoms with Crippen molar-refractivity contribution in [1.29, 1.82) is 0 Å². The van der Waals surface area contributed by atoms with E-state index < -0.39 is 0 Å². The lowest BCUT2D eigenvalue weighted by Crippen LogP contribution is -2.04. The standard InChI is InChI=1S/C55H40N4/c1-35-25-28-50-43(31-35)40-19-10-12-22-48(40)58(50)49-23-13-11-20-42(49)54-41(47-34-46(38-15-6-4-7-16-38)56-55(57-47)39-17-8-5-9-18-39)21-14-24-53(54)59-51-29-26-36(2)32-44(51)45-33-37(3)27-30-52(45)59/h4-34H,1-3H3. The van der Waals surface area contributed by atoms with Crippen LogP contribution < -0.4 is 0 Å². The van der Waals surface area contributed by atoms with Crippen molar-refractivity contribution < 1.29 is 0 Å². The van der Waals surface area contributed by atoms with Crippen molar-refractivity contribution in [3.63, 3.8) is 0 Å². The second kappa shape index (κ2) is 13.8. The summed E-state index contributed by atoms with van der Waals surface area (Å²) in [6.45, 7) is 6.53. The summed E-state index contributed by atoms with van der Waals surface area (Å²) in [6, 6.07) is 67.8. The predicted octanol–water partition coefficient (Wildman–Crippen LogP) is 14.3. The lowest BCUT2D eigenvalue weighted by molar-refractivity contribution is 1.15. The van der Waals surface area contributed by atoms with Gasteiger partial charge in [-0.1, -0.05) is 144 Å². The van der Waals surface area contributed by atoms with Crippen LogP contribution in [0.4, 0.5) is 0 Å². The molecule has 4 heteroatoms. The first kappa shape index (κ1) is 34.7. The molecule has 3 aromatic heterocycles. The highest BCUT2D eigenvalue weighted by molar-refractivity contribution is 6.12. The minimum Gasteiger partial charge on any atom is -0.309 e. The van der Waals surface area contributed by atoms with Gasteiger partial charge in [-0.15, -0.1) is 0 Å². The predicted molar refractivity (Wildman–Crippen MR) is 247 cm³/mol. The lowest BCUT2D eigenvalue weighted by Gasteiger charge is -2.22. The topological polar surface area (TPSA) is 35.6 Å². The third kappa shape index (κ3) is 5.75. The maximum atomic E-state index is 5.43. The molecule has 0 N–H and O–H groups in total. The largest absolute Gasteiger partial charge is 0.309 e. The van der Waals surface area contributed by atoms with Crippen LogP contribution in [0.25, 0.3) is 100 Å². The second-order valence-electron chi connectivity index (χ2n) is 15.7. The Hall–Kier alpha value is -7.56. The maximum Gasteiger partial charge on any atom is 0.160 e. The molecule has 0 aliphatic carbocycles. The summed E-state index contributed by atoms with van der Waals surface area (Å²) in [5.41, 5.74) is 17.5. The van der Waals surface area contributed by atoms with E-state index in [-0.39, 0.29) is 0 Å². The zero-order valence-corrected chi connectivity index (χ0v) is 33.2. The molecule has 8 aromatic carbocycles. The Morgan fingerprint density at radius 2 is 0.814 bits per heavy atom. The van der Waals surface area contributed by atoms with Crippen molar-refractivity contribution in [3.05, 3.63) is 205 Å². The lowest BCUT2D eigenvalue weighted by atomic mass is 9.93. The van der Waals surface area contributed by atoms with E-state index >= 15 is 0 Å². The number of hydrogen-bond acceptors (Lipinski definition) is 2. The molecule has 4 nitrogen and oxygen atoms in total. The molecule has 0 aliphatic rings. The molecule has 0 amide bonds. The van der Waals surface area contributed by atoms with Crippen molar-refractivity contribution in [1.82, 2.24) is 19.1 Å². The monoisotopic (exact) mass is 756 g/mol. The Morgan fingerprint density at radius 1 is 0.339 bits per heavy atom. The van der Waals surface area contributed by atoms with Gasteiger partial charge in [-0.3, -0.25) is 0 Å². The van der Waals surface area contributed by atoms with Gasteiger partial charge < -0.3 is 9.13 Å². The number of rotatable bonds is 6. The summed E-state index contributed by atoms with van der Waals surface area (Å²) in [7, 11) is 0. The van der Waals surface area contributed by atoms with Crippen molar-refractivity contribution in [2.24, 2.45) is 0 Å². The molecule has 59 heavy (non-hydrogen) atoms. The fraction of sp³-hybridized carbons (Fsp3) is 0.0545. The minimum atomic E-state index is 0.687. The van der Waals surface area contributed by atoms with Gasteiger partial charge in [0.15, 0.2) is 5.82 Å². The molecular weight excluding hydrogens is 717 g/mol. The first-order valence-corrected chi connectivity index (χ1v) is 20.2. The summed E-state index contributed by atoms with van der Waals surface area (Å²) < 4.78 is 4.91. The van der Waals surface area contributed by atoms with E-state index in [2.05, 4.69) is 206 Å². The fourth-order valence-electron chi connectivity index (χ4n) is 9.02. The SMILES string of the molecule is Cc1ccc2c(c1)c1ccccc1n2-c1ccccc1-c1c(-c2cc(-c3ccccc3)nc(-c3ccccc3)n2)cccc1-n1c2ccc(C)cc2c2cc(C)ccc21. The van der Waals surface area contributed by atoms with Crippen LogP contribution in [0.15, 0.2) is 188 Å². The van der Waals surface area contributed by atoms with Gasteiger partial charge in [0.1, 0.15) is 0 Å². The van der Waals surface area contributed by atoms with Gasteiger partial charge in [-0.05, 0) is 81.4 Å². The highest BCUT2D eigenvalue weighted by Crippen LogP contribution is 2.45. The van der Waals surface area contributed by atoms with Gasteiger partial charge in [0.05, 0.1) is 44.8 Å². The smallest absolute Gasteiger partial charge is 0.160 e. The molecule has 0 saturated carbocycles. The number of aromatic nitrogens is 4. The van der Waals surface area contributed by atoms with Crippen LogP contribution in [-0.2, 0) is 0 Å². The summed E-state index contributed by atoms with van der Waals surface area (Å²) in [5.74, 6) is 0.687. The number of hydrogen-bond donors (Lipinski definition) is 0. The minimum absolute atomic E-state index is 0.687. The fourth-order valence-corrected chi connectivity index (χ4v) is 9.02. The Bertz CT molecular complexity index is 3290. The molecule has 280 valence electrons. The first-order valence-electron chi connectivity index (χ1n) is 20.2. The van der Waals surface area contributed by atoms with Crippen LogP contribution in [0.5, 0.6) is 0 Å². The molecule has 3 heterocycles. The molecule has 0 bridgehead atoms. The Kier molecular flexibility index (Phi) is 8.12. The normalized spacial score (nSPS) is 11.6. The number of fused-ring (bicyclic) bond motifs is 6. The summed E-state index contributed by atoms with van der Waals surface area (Å²) in [6.07, 6.45) is 0. The van der Waals surface area contributed by atoms with Crippen LogP contribution in [0.1, 0.15) is 16.7 Å². The molecule has 0 atom stereocenters. The van der Waals surface area contributed by atoms with Crippen molar-refractivity contribution in [2.75, 3.05) is 0 Å². The van der Waals surface area contributed by atoms with Crippen LogP contribution in [0.3, 0.4) is 0 Å². The molecule has 0 fully saturated rings. The molecule has 11 aromatic rings. The highest BCUT2D eigenvalue weighted by atomic mass is 15.0. The van der Waals surface area contributed by atoms with E-state index in [0.29, 0.717) is 5.82 Å². The van der Waals surface area contributed by atoms with Gasteiger partial charge in [-0.2, -0.15) is 0 Å². The van der Waals surface area contributed by atoms with Gasteiger partial charge in [0.25, 0.3) is 0 Å². The van der Waals surface area contributed by atoms with E-state index in [1.54, 1.807) is 0 Å². The molecule has 0 aliphatic heterocycles. The van der Waals surface area contributed by atoms with E-state index in [1.165, 1.54) is 49.3 Å². The zero-order valence-electron chi connectivity index (χ0n) is 33.2. The van der Waals surface area contributed by atoms with E-state index in [1.807, 2.05) is 12.1 Å². The third-order valence-electron chi connectivity index (χ3n) is 11.7. The molecule has 0 radical (unpaired) electrons. The van der Waals surface area contributed by atoms with Crippen LogP contribution >= 0.6 is 0 Å². The van der Waals surface area contributed by atoms with Gasteiger partial charge in [0.2, 0.25) is 0 Å². The van der Waals surface area contributed by atoms with Crippen molar-refractivity contribution >= 4 is 43.6 Å². The molecule has 0 unspecified atom stereocenters. The zero-order chi connectivity index (χ0) is 39.6. The van der Waals surface area contributed by atoms with Crippen molar-refractivity contribution in [2.45, 2.75) is 20.8 Å². The molecule has 0 spiro atoms. The number of nitrogens with zero attached hydrogens (tertiary/aromatic N) is 4. The Labute approximate surface area is 343 Å². The molecule has 0 saturated heterocycles. The van der Waals surface area contributed by atoms with Crippen LogP contribution in [0.2, 0.25) is 0 Å². The molecular formula is C55H40N4. The highest BCUT2D eigenvalue weighted by Gasteiger charge is 2.24. The average molecular weight is 757 g/mol. The third-order valence-corrected chi connectivity index (χ3v) is 11.7. The van der Waals surface area contributed by atoms with Crippen LogP contribution in [0, 0.1) is 20.8 Å². The summed E-state index contributed by atoms with van der Waals surface area (Å²) in [4.78, 5) is 10.6. The molecule has 11 rings (SSSR count). The van der Waals surface area contributed by atoms with E-state index in [4.69, 9.17) is 9.97 Å². The Morgan fingerprint density at radius 3 is 1.47 bits per heavy atom. The van der Waals surface area contributed by atoms with E-state index in [0.717, 1.165) is 61.6 Å². The number of benzene rings is 8. The van der Waals surface area contributed by atoms with Gasteiger partial charge in [0, 0.05) is 49.4 Å². The van der Waals surface area contributed by atoms with E-state index in [9.17, 15) is 0 Å². The summed E-state index contributed by atoms with van der Waals surface area (Å²) >= 11 is 0. The van der Waals surface area contributed by atoms with Crippen molar-refractivity contribution in [3.8, 4) is 56.4 Å². The quantitative estimate of drug-likeness (QED) is 0.169. The van der Waals surface area contributed by atoms with Gasteiger partial charge >= 0.3 is 0 Å². The Balaban J connectivity index is 1.29. The van der Waals surface area contributed by atoms with Crippen LogP contribution in [-0.4, -0.2) is 19.1 Å². The average Bonchev–Trinajstić information content (AvgIpc) is 3.77.